The lowest BCUT2D eigenvalue weighted by Gasteiger charge is -2.15. The Labute approximate surface area is 101 Å². The molecule has 6 nitrogen and oxygen atoms in total. The molecular formula is C10H18N2O4S. The van der Waals surface area contributed by atoms with Crippen LogP contribution in [-0.2, 0) is 10.0 Å². The first-order valence-corrected chi connectivity index (χ1v) is 6.96. The Morgan fingerprint density at radius 2 is 2.12 bits per heavy atom. The lowest BCUT2D eigenvalue weighted by Crippen LogP contribution is -2.35. The Bertz CT molecular complexity index is 447. The quantitative estimate of drug-likeness (QED) is 0.788. The minimum absolute atomic E-state index is 0.0529. The van der Waals surface area contributed by atoms with E-state index in [0.717, 1.165) is 0 Å². The maximum absolute atomic E-state index is 12.1. The van der Waals surface area contributed by atoms with Gasteiger partial charge in [0.2, 0.25) is 10.0 Å². The van der Waals surface area contributed by atoms with Crippen LogP contribution in [0.3, 0.4) is 0 Å². The maximum Gasteiger partial charge on any atom is 0.246 e. The molecule has 98 valence electrons. The van der Waals surface area contributed by atoms with Crippen LogP contribution in [-0.4, -0.2) is 31.3 Å². The molecule has 0 spiro atoms. The molecule has 0 saturated carbocycles. The summed E-state index contributed by atoms with van der Waals surface area (Å²) in [5.74, 6) is 0.272. The number of nitrogens with one attached hydrogen (secondary N) is 1. The first-order valence-electron chi connectivity index (χ1n) is 5.48. The van der Waals surface area contributed by atoms with Gasteiger partial charge in [0.1, 0.15) is 10.6 Å². The summed E-state index contributed by atoms with van der Waals surface area (Å²) in [7, 11) is -3.63. The largest absolute Gasteiger partial charge is 0.396 e. The first kappa shape index (κ1) is 14.1. The second kappa shape index (κ2) is 5.61. The summed E-state index contributed by atoms with van der Waals surface area (Å²) in [5.41, 5.74) is 0.342. The highest BCUT2D eigenvalue weighted by Gasteiger charge is 2.26. The molecule has 0 amide bonds. The van der Waals surface area contributed by atoms with Crippen LogP contribution in [0.4, 0.5) is 0 Å². The van der Waals surface area contributed by atoms with Crippen LogP contribution in [0, 0.1) is 13.8 Å². The molecule has 7 heteroatoms. The Balaban J connectivity index is 2.96. The summed E-state index contributed by atoms with van der Waals surface area (Å²) >= 11 is 0. The monoisotopic (exact) mass is 262 g/mol. The van der Waals surface area contributed by atoms with E-state index in [4.69, 9.17) is 9.63 Å². The van der Waals surface area contributed by atoms with Crippen LogP contribution in [0.2, 0.25) is 0 Å². The van der Waals surface area contributed by atoms with Crippen LogP contribution in [0.25, 0.3) is 0 Å². The van der Waals surface area contributed by atoms with E-state index in [-0.39, 0.29) is 23.3 Å². The van der Waals surface area contributed by atoms with Gasteiger partial charge in [-0.2, -0.15) is 0 Å². The summed E-state index contributed by atoms with van der Waals surface area (Å²) in [5, 5.41) is 12.5. The van der Waals surface area contributed by atoms with E-state index >= 15 is 0 Å². The number of sulfonamides is 1. The minimum Gasteiger partial charge on any atom is -0.396 e. The summed E-state index contributed by atoms with van der Waals surface area (Å²) in [6.07, 6.45) is 1.00. The predicted octanol–water partition coefficient (Wildman–Crippen LogP) is 0.731. The third-order valence-corrected chi connectivity index (χ3v) is 4.29. The summed E-state index contributed by atoms with van der Waals surface area (Å²) in [6, 6.07) is -0.279. The third kappa shape index (κ3) is 3.27. The van der Waals surface area contributed by atoms with Crippen molar-refractivity contribution in [3.05, 3.63) is 11.5 Å². The van der Waals surface area contributed by atoms with E-state index in [1.807, 2.05) is 6.92 Å². The molecule has 2 N–H and O–H groups in total. The molecule has 0 saturated heterocycles. The molecule has 1 rings (SSSR count). The van der Waals surface area contributed by atoms with Gasteiger partial charge in [-0.15, -0.1) is 0 Å². The number of aromatic nitrogens is 1. The van der Waals surface area contributed by atoms with Crippen molar-refractivity contribution in [3.63, 3.8) is 0 Å². The van der Waals surface area contributed by atoms with Gasteiger partial charge in [-0.25, -0.2) is 13.1 Å². The van der Waals surface area contributed by atoms with Gasteiger partial charge < -0.3 is 9.63 Å². The Morgan fingerprint density at radius 3 is 2.53 bits per heavy atom. The van der Waals surface area contributed by atoms with Crippen LogP contribution in [0.5, 0.6) is 0 Å². The Hall–Kier alpha value is -0.920. The molecule has 1 unspecified atom stereocenters. The SMILES string of the molecule is CCC(CCO)NS(=O)(=O)c1c(C)noc1C. The molecule has 0 radical (unpaired) electrons. The molecule has 0 fully saturated rings. The van der Waals surface area contributed by atoms with Crippen molar-refractivity contribution in [2.75, 3.05) is 6.61 Å². The lowest BCUT2D eigenvalue weighted by atomic mass is 10.2. The number of hydrogen-bond acceptors (Lipinski definition) is 5. The normalized spacial score (nSPS) is 13.9. The fourth-order valence-electron chi connectivity index (χ4n) is 1.64. The van der Waals surface area contributed by atoms with Crippen LogP contribution >= 0.6 is 0 Å². The van der Waals surface area contributed by atoms with Gasteiger partial charge in [0.15, 0.2) is 5.76 Å². The molecular weight excluding hydrogens is 244 g/mol. The molecule has 1 heterocycles. The molecule has 0 bridgehead atoms. The van der Waals surface area contributed by atoms with E-state index in [0.29, 0.717) is 18.5 Å². The van der Waals surface area contributed by atoms with Crippen molar-refractivity contribution in [1.82, 2.24) is 9.88 Å². The van der Waals surface area contributed by atoms with E-state index in [1.165, 1.54) is 0 Å². The van der Waals surface area contributed by atoms with E-state index in [1.54, 1.807) is 13.8 Å². The van der Waals surface area contributed by atoms with Crippen molar-refractivity contribution in [1.29, 1.82) is 0 Å². The average Bonchev–Trinajstić information content (AvgIpc) is 2.58. The van der Waals surface area contributed by atoms with Gasteiger partial charge in [-0.3, -0.25) is 0 Å². The molecule has 0 aliphatic heterocycles. The third-order valence-electron chi connectivity index (χ3n) is 2.53. The average molecular weight is 262 g/mol. The van der Waals surface area contributed by atoms with Crippen LogP contribution in [0.1, 0.15) is 31.2 Å². The summed E-state index contributed by atoms with van der Waals surface area (Å²) < 4.78 is 31.6. The number of aliphatic hydroxyl groups is 1. The summed E-state index contributed by atoms with van der Waals surface area (Å²) in [6.45, 7) is 4.94. The zero-order chi connectivity index (χ0) is 13.1. The zero-order valence-corrected chi connectivity index (χ0v) is 11.0. The standard InChI is InChI=1S/C10H18N2O4S/c1-4-9(5-6-13)12-17(14,15)10-7(2)11-16-8(10)3/h9,12-13H,4-6H2,1-3H3. The van der Waals surface area contributed by atoms with Crippen LogP contribution < -0.4 is 4.72 Å². The van der Waals surface area contributed by atoms with Crippen LogP contribution in [0.15, 0.2) is 9.42 Å². The van der Waals surface area contributed by atoms with E-state index in [9.17, 15) is 8.42 Å². The Kier molecular flexibility index (Phi) is 4.67. The summed E-state index contributed by atoms with van der Waals surface area (Å²) in [4.78, 5) is 0.0916. The van der Waals surface area contributed by atoms with Crippen molar-refractivity contribution in [2.45, 2.75) is 44.6 Å². The van der Waals surface area contributed by atoms with Gasteiger partial charge in [-0.05, 0) is 26.7 Å². The fraction of sp³-hybridized carbons (Fsp3) is 0.700. The fourth-order valence-corrected chi connectivity index (χ4v) is 3.32. The highest BCUT2D eigenvalue weighted by Crippen LogP contribution is 2.19. The number of nitrogens with zero attached hydrogens (tertiary/aromatic N) is 1. The topological polar surface area (TPSA) is 92.4 Å². The minimum atomic E-state index is -3.63. The highest BCUT2D eigenvalue weighted by atomic mass is 32.2. The van der Waals surface area contributed by atoms with Gasteiger partial charge in [0, 0.05) is 12.6 Å². The molecule has 0 aromatic carbocycles. The van der Waals surface area contributed by atoms with E-state index in [2.05, 4.69) is 9.88 Å². The molecule has 0 aliphatic rings. The van der Waals surface area contributed by atoms with Crippen molar-refractivity contribution in [3.8, 4) is 0 Å². The van der Waals surface area contributed by atoms with E-state index < -0.39 is 10.0 Å². The molecule has 0 aliphatic carbocycles. The number of aryl methyl sites for hydroxylation is 2. The van der Waals surface area contributed by atoms with Gasteiger partial charge in [-0.1, -0.05) is 12.1 Å². The second-order valence-electron chi connectivity index (χ2n) is 3.89. The number of rotatable bonds is 6. The first-order chi connectivity index (χ1) is 7.92. The highest BCUT2D eigenvalue weighted by molar-refractivity contribution is 7.89. The predicted molar refractivity (Wildman–Crippen MR) is 62.1 cm³/mol. The second-order valence-corrected chi connectivity index (χ2v) is 5.54. The molecule has 1 atom stereocenters. The molecule has 17 heavy (non-hydrogen) atoms. The number of hydrogen-bond donors (Lipinski definition) is 2. The lowest BCUT2D eigenvalue weighted by molar-refractivity contribution is 0.270. The molecule has 1 aromatic rings. The van der Waals surface area contributed by atoms with Gasteiger partial charge >= 0.3 is 0 Å². The van der Waals surface area contributed by atoms with Crippen molar-refractivity contribution < 1.29 is 18.0 Å². The van der Waals surface area contributed by atoms with Crippen molar-refractivity contribution >= 4 is 10.0 Å². The smallest absolute Gasteiger partial charge is 0.246 e. The van der Waals surface area contributed by atoms with Crippen molar-refractivity contribution in [2.24, 2.45) is 0 Å². The number of aliphatic hydroxyl groups excluding tert-OH is 1. The zero-order valence-electron chi connectivity index (χ0n) is 10.2. The van der Waals surface area contributed by atoms with Gasteiger partial charge in [0.25, 0.3) is 0 Å². The Morgan fingerprint density at radius 1 is 1.47 bits per heavy atom. The maximum atomic E-state index is 12.1. The van der Waals surface area contributed by atoms with Gasteiger partial charge in [0.05, 0.1) is 0 Å². The molecule has 1 aromatic heterocycles.